The normalized spacial score (nSPS) is 11.7. The van der Waals surface area contributed by atoms with Gasteiger partial charge in [-0.05, 0) is 37.5 Å². The summed E-state index contributed by atoms with van der Waals surface area (Å²) in [7, 11) is 3.96. The molecule has 27 heavy (non-hydrogen) atoms. The van der Waals surface area contributed by atoms with E-state index in [9.17, 15) is 0 Å². The van der Waals surface area contributed by atoms with E-state index in [1.165, 1.54) is 0 Å². The molecule has 0 amide bonds. The van der Waals surface area contributed by atoms with E-state index in [0.717, 1.165) is 48.2 Å². The van der Waals surface area contributed by atoms with Crippen molar-refractivity contribution in [3.63, 3.8) is 0 Å². The van der Waals surface area contributed by atoms with Crippen LogP contribution in [-0.4, -0.2) is 36.7 Å². The first-order valence-corrected chi connectivity index (χ1v) is 9.67. The summed E-state index contributed by atoms with van der Waals surface area (Å²) in [6.45, 7) is 8.33. The summed E-state index contributed by atoms with van der Waals surface area (Å²) in [5.41, 5.74) is 2.15. The third kappa shape index (κ3) is 6.27. The molecule has 0 unspecified atom stereocenters. The van der Waals surface area contributed by atoms with Crippen LogP contribution in [0.3, 0.4) is 0 Å². The van der Waals surface area contributed by atoms with Gasteiger partial charge in [-0.3, -0.25) is 0 Å². The molecule has 0 spiro atoms. The first kappa shape index (κ1) is 20.7. The van der Waals surface area contributed by atoms with Crippen LogP contribution in [0.15, 0.2) is 33.9 Å². The SMILES string of the molecule is CCNC(=NCc1ccnc(N(C)C)c1)NCc1cc(C(CC)CC)no1. The highest BCUT2D eigenvalue weighted by Crippen LogP contribution is 2.22. The van der Waals surface area contributed by atoms with Crippen LogP contribution in [0.25, 0.3) is 0 Å². The Morgan fingerprint density at radius 1 is 1.19 bits per heavy atom. The maximum atomic E-state index is 5.47. The number of aliphatic imine (C=N–C) groups is 1. The largest absolute Gasteiger partial charge is 0.363 e. The molecule has 0 bridgehead atoms. The van der Waals surface area contributed by atoms with Gasteiger partial charge in [-0.15, -0.1) is 0 Å². The van der Waals surface area contributed by atoms with Gasteiger partial charge in [-0.1, -0.05) is 19.0 Å². The van der Waals surface area contributed by atoms with Gasteiger partial charge >= 0.3 is 0 Å². The number of pyridine rings is 1. The van der Waals surface area contributed by atoms with E-state index < -0.39 is 0 Å². The number of nitrogens with one attached hydrogen (secondary N) is 2. The third-order valence-electron chi connectivity index (χ3n) is 4.44. The van der Waals surface area contributed by atoms with Crippen molar-refractivity contribution in [3.8, 4) is 0 Å². The quantitative estimate of drug-likeness (QED) is 0.519. The molecule has 0 saturated carbocycles. The van der Waals surface area contributed by atoms with Crippen LogP contribution >= 0.6 is 0 Å². The minimum atomic E-state index is 0.460. The second-order valence-corrected chi connectivity index (χ2v) is 6.70. The van der Waals surface area contributed by atoms with E-state index in [1.807, 2.05) is 50.3 Å². The number of anilines is 1. The van der Waals surface area contributed by atoms with Crippen LogP contribution in [0.1, 0.15) is 56.5 Å². The molecule has 7 heteroatoms. The molecule has 0 aliphatic heterocycles. The molecule has 2 rings (SSSR count). The van der Waals surface area contributed by atoms with Gasteiger partial charge in [0.15, 0.2) is 11.7 Å². The molecular weight excluding hydrogens is 340 g/mol. The molecule has 148 valence electrons. The molecule has 0 saturated heterocycles. The Labute approximate surface area is 162 Å². The molecule has 2 heterocycles. The van der Waals surface area contributed by atoms with Crippen LogP contribution < -0.4 is 15.5 Å². The summed E-state index contributed by atoms with van der Waals surface area (Å²) in [6, 6.07) is 6.07. The summed E-state index contributed by atoms with van der Waals surface area (Å²) in [5.74, 6) is 2.96. The molecular formula is C20H32N6O. The first-order chi connectivity index (χ1) is 13.1. The zero-order valence-corrected chi connectivity index (χ0v) is 17.1. The fourth-order valence-electron chi connectivity index (χ4n) is 2.80. The van der Waals surface area contributed by atoms with Crippen molar-refractivity contribution in [1.82, 2.24) is 20.8 Å². The number of aromatic nitrogens is 2. The van der Waals surface area contributed by atoms with Crippen LogP contribution in [0.4, 0.5) is 5.82 Å². The van der Waals surface area contributed by atoms with E-state index in [4.69, 9.17) is 4.52 Å². The van der Waals surface area contributed by atoms with Gasteiger partial charge in [0.25, 0.3) is 0 Å². The Bertz CT molecular complexity index is 721. The average molecular weight is 373 g/mol. The van der Waals surface area contributed by atoms with Gasteiger partial charge < -0.3 is 20.1 Å². The van der Waals surface area contributed by atoms with Crippen molar-refractivity contribution in [2.75, 3.05) is 25.5 Å². The van der Waals surface area contributed by atoms with Crippen LogP contribution in [0.5, 0.6) is 0 Å². The Kier molecular flexibility index (Phi) is 8.10. The monoisotopic (exact) mass is 372 g/mol. The zero-order valence-electron chi connectivity index (χ0n) is 17.1. The highest BCUT2D eigenvalue weighted by atomic mass is 16.5. The van der Waals surface area contributed by atoms with Gasteiger partial charge in [-0.2, -0.15) is 0 Å². The van der Waals surface area contributed by atoms with Crippen LogP contribution in [-0.2, 0) is 13.1 Å². The Hall–Kier alpha value is -2.57. The van der Waals surface area contributed by atoms with E-state index in [0.29, 0.717) is 19.0 Å². The van der Waals surface area contributed by atoms with Crippen molar-refractivity contribution < 1.29 is 4.52 Å². The van der Waals surface area contributed by atoms with Crippen molar-refractivity contribution in [2.24, 2.45) is 4.99 Å². The molecule has 2 N–H and O–H groups in total. The predicted octanol–water partition coefficient (Wildman–Crippen LogP) is 3.29. The average Bonchev–Trinajstić information content (AvgIpc) is 3.14. The Balaban J connectivity index is 1.98. The maximum Gasteiger partial charge on any atom is 0.191 e. The molecule has 2 aromatic heterocycles. The maximum absolute atomic E-state index is 5.47. The van der Waals surface area contributed by atoms with Crippen LogP contribution in [0, 0.1) is 0 Å². The number of rotatable bonds is 9. The molecule has 0 aromatic carbocycles. The van der Waals surface area contributed by atoms with E-state index in [2.05, 4.69) is 39.6 Å². The lowest BCUT2D eigenvalue weighted by molar-refractivity contribution is 0.368. The van der Waals surface area contributed by atoms with Crippen molar-refractivity contribution in [3.05, 3.63) is 41.4 Å². The highest BCUT2D eigenvalue weighted by molar-refractivity contribution is 5.79. The minimum Gasteiger partial charge on any atom is -0.363 e. The topological polar surface area (TPSA) is 78.6 Å². The lowest BCUT2D eigenvalue weighted by atomic mass is 9.99. The standard InChI is InChI=1S/C20H32N6O/c1-6-16(7-2)18-12-17(27-25-18)14-24-20(21-8-3)23-13-15-9-10-22-19(11-15)26(4)5/h9-12,16H,6-8,13-14H2,1-5H3,(H2,21,23,24). The van der Waals surface area contributed by atoms with E-state index >= 15 is 0 Å². The third-order valence-corrected chi connectivity index (χ3v) is 4.44. The molecule has 0 aliphatic rings. The predicted molar refractivity (Wildman–Crippen MR) is 110 cm³/mol. The number of guanidine groups is 1. The lowest BCUT2D eigenvalue weighted by Crippen LogP contribution is -2.36. The number of nitrogens with zero attached hydrogens (tertiary/aromatic N) is 4. The highest BCUT2D eigenvalue weighted by Gasteiger charge is 2.13. The molecule has 0 fully saturated rings. The van der Waals surface area contributed by atoms with Gasteiger partial charge in [0, 0.05) is 38.8 Å². The zero-order chi connectivity index (χ0) is 19.6. The first-order valence-electron chi connectivity index (χ1n) is 9.67. The molecule has 0 radical (unpaired) electrons. The second kappa shape index (κ2) is 10.5. The van der Waals surface area contributed by atoms with Gasteiger partial charge in [0.05, 0.1) is 18.8 Å². The minimum absolute atomic E-state index is 0.460. The van der Waals surface area contributed by atoms with E-state index in [-0.39, 0.29) is 0 Å². The van der Waals surface area contributed by atoms with Gasteiger partial charge in [0.2, 0.25) is 0 Å². The van der Waals surface area contributed by atoms with Gasteiger partial charge in [-0.25, -0.2) is 9.98 Å². The van der Waals surface area contributed by atoms with Crippen molar-refractivity contribution in [2.45, 2.75) is 52.6 Å². The fourth-order valence-corrected chi connectivity index (χ4v) is 2.80. The molecule has 7 nitrogen and oxygen atoms in total. The van der Waals surface area contributed by atoms with Gasteiger partial charge in [0.1, 0.15) is 5.82 Å². The molecule has 0 aliphatic carbocycles. The summed E-state index contributed by atoms with van der Waals surface area (Å²) >= 11 is 0. The Morgan fingerprint density at radius 2 is 1.96 bits per heavy atom. The summed E-state index contributed by atoms with van der Waals surface area (Å²) in [5, 5.41) is 10.8. The lowest BCUT2D eigenvalue weighted by Gasteiger charge is -2.12. The smallest absolute Gasteiger partial charge is 0.191 e. The van der Waals surface area contributed by atoms with E-state index in [1.54, 1.807) is 0 Å². The summed E-state index contributed by atoms with van der Waals surface area (Å²) in [4.78, 5) is 11.0. The Morgan fingerprint density at radius 3 is 2.63 bits per heavy atom. The summed E-state index contributed by atoms with van der Waals surface area (Å²) < 4.78 is 5.47. The van der Waals surface area contributed by atoms with Crippen LogP contribution in [0.2, 0.25) is 0 Å². The summed E-state index contributed by atoms with van der Waals surface area (Å²) in [6.07, 6.45) is 3.95. The van der Waals surface area contributed by atoms with Crippen molar-refractivity contribution >= 4 is 11.8 Å². The van der Waals surface area contributed by atoms with Crippen molar-refractivity contribution in [1.29, 1.82) is 0 Å². The fraction of sp³-hybridized carbons (Fsp3) is 0.550. The second-order valence-electron chi connectivity index (χ2n) is 6.70. The molecule has 0 atom stereocenters. The number of hydrogen-bond donors (Lipinski definition) is 2. The number of hydrogen-bond acceptors (Lipinski definition) is 5. The molecule has 2 aromatic rings.